The molecule has 33 heavy (non-hydrogen) atoms. The smallest absolute Gasteiger partial charge is 0.378 e. The van der Waals surface area contributed by atoms with Crippen LogP contribution in [-0.4, -0.2) is 45.7 Å². The SMILES string of the molecule is Cc1cc(S(=O)(=O)O)c2c(NC(=O)CS(=O)(=O)c3ccccc3)c[c-]cc2c1.O=S(=O)=O.[Na+]. The van der Waals surface area contributed by atoms with Crippen LogP contribution < -0.4 is 34.9 Å². The third-order valence-electron chi connectivity index (χ3n) is 3.99. The molecule has 170 valence electrons. The summed E-state index contributed by atoms with van der Waals surface area (Å²) >= 11 is 0. The number of hydrogen-bond donors (Lipinski definition) is 2. The monoisotopic (exact) mass is 521 g/mol. The minimum absolute atomic E-state index is 0. The Morgan fingerprint density at radius 1 is 1.03 bits per heavy atom. The van der Waals surface area contributed by atoms with E-state index in [4.69, 9.17) is 12.6 Å². The fourth-order valence-corrected chi connectivity index (χ4v) is 4.82. The third-order valence-corrected chi connectivity index (χ3v) is 6.50. The van der Waals surface area contributed by atoms with Crippen molar-refractivity contribution < 1.29 is 68.4 Å². The van der Waals surface area contributed by atoms with Crippen LogP contribution in [0, 0.1) is 13.0 Å². The Labute approximate surface area is 214 Å². The van der Waals surface area contributed by atoms with E-state index in [2.05, 4.69) is 11.4 Å². The number of aryl methyl sites for hydroxylation is 1. The molecule has 10 nitrogen and oxygen atoms in total. The largest absolute Gasteiger partial charge is 1.00 e. The van der Waals surface area contributed by atoms with Gasteiger partial charge < -0.3 is 5.32 Å². The van der Waals surface area contributed by atoms with E-state index in [1.54, 1.807) is 31.2 Å². The number of sulfone groups is 1. The quantitative estimate of drug-likeness (QED) is 0.233. The van der Waals surface area contributed by atoms with Gasteiger partial charge in [0.25, 0.3) is 10.1 Å². The van der Waals surface area contributed by atoms with Crippen LogP contribution in [-0.2, 0) is 35.4 Å². The molecule has 0 bridgehead atoms. The molecule has 14 heteroatoms. The van der Waals surface area contributed by atoms with Gasteiger partial charge in [-0.05, 0) is 25.1 Å². The summed E-state index contributed by atoms with van der Waals surface area (Å²) in [5, 5.41) is 2.93. The Morgan fingerprint density at radius 3 is 2.15 bits per heavy atom. The molecule has 0 aliphatic heterocycles. The summed E-state index contributed by atoms with van der Waals surface area (Å²) < 4.78 is 83.2. The van der Waals surface area contributed by atoms with Crippen LogP contribution in [0.15, 0.2) is 64.4 Å². The van der Waals surface area contributed by atoms with E-state index in [-0.39, 0.29) is 50.4 Å². The number of carbonyl (C=O) groups is 1. The van der Waals surface area contributed by atoms with E-state index < -0.39 is 42.2 Å². The van der Waals surface area contributed by atoms with Crippen molar-refractivity contribution in [3.8, 4) is 0 Å². The number of anilines is 1. The molecule has 0 fully saturated rings. The van der Waals surface area contributed by atoms with Crippen molar-refractivity contribution >= 4 is 52.9 Å². The van der Waals surface area contributed by atoms with Crippen LogP contribution >= 0.6 is 0 Å². The minimum Gasteiger partial charge on any atom is -0.378 e. The van der Waals surface area contributed by atoms with Gasteiger partial charge in [-0.3, -0.25) is 9.35 Å². The molecule has 3 rings (SSSR count). The van der Waals surface area contributed by atoms with Crippen LogP contribution in [0.1, 0.15) is 5.56 Å². The number of hydrogen-bond acceptors (Lipinski definition) is 8. The standard InChI is InChI=1S/C19H16NO6S2.Na.O3S/c1-13-10-14-6-5-9-16(19(14)17(11-13)28(24,25)26)20-18(21)12-27(22,23)15-7-3-2-4-8-15;;1-4(2)3/h2-4,6-11H,12H2,1H3,(H,20,21)(H,24,25,26);;/q-1;+1;. The van der Waals surface area contributed by atoms with Crippen LogP contribution in [0.4, 0.5) is 5.69 Å². The van der Waals surface area contributed by atoms with Gasteiger partial charge in [-0.2, -0.15) is 26.6 Å². The fraction of sp³-hybridized carbons (Fsp3) is 0.105. The van der Waals surface area contributed by atoms with Gasteiger partial charge in [0.2, 0.25) is 5.91 Å². The second-order valence-electron chi connectivity index (χ2n) is 6.40. The molecular formula is C19H16NNaO9S3. The molecule has 1 amide bonds. The first-order valence-electron chi connectivity index (χ1n) is 8.57. The number of carbonyl (C=O) groups excluding carboxylic acids is 1. The number of benzene rings is 3. The van der Waals surface area contributed by atoms with E-state index in [1.807, 2.05) is 0 Å². The topological polar surface area (TPSA) is 169 Å². The van der Waals surface area contributed by atoms with Gasteiger partial charge in [0.05, 0.1) is 9.79 Å². The number of nitrogens with one attached hydrogen (secondary N) is 1. The van der Waals surface area contributed by atoms with Crippen LogP contribution in [0.3, 0.4) is 0 Å². The summed E-state index contributed by atoms with van der Waals surface area (Å²) in [4.78, 5) is 12.0. The average Bonchev–Trinajstić information content (AvgIpc) is 2.66. The molecular weight excluding hydrogens is 505 g/mol. The van der Waals surface area contributed by atoms with Gasteiger partial charge in [0.15, 0.2) is 9.84 Å². The molecule has 0 atom stereocenters. The van der Waals surface area contributed by atoms with Crippen LogP contribution in [0.25, 0.3) is 10.8 Å². The molecule has 3 aromatic carbocycles. The second kappa shape index (κ2) is 11.8. The molecule has 3 aromatic rings. The van der Waals surface area contributed by atoms with Gasteiger partial charge in [-0.1, -0.05) is 34.8 Å². The molecule has 0 saturated heterocycles. The zero-order chi connectivity index (χ0) is 24.1. The molecule has 2 N–H and O–H groups in total. The summed E-state index contributed by atoms with van der Waals surface area (Å²) in [5.74, 6) is -1.66. The van der Waals surface area contributed by atoms with Crippen LogP contribution in [0.5, 0.6) is 0 Å². The fourth-order valence-electron chi connectivity index (χ4n) is 2.84. The molecule has 0 unspecified atom stereocenters. The maximum Gasteiger partial charge on any atom is 1.00 e. The van der Waals surface area contributed by atoms with Crippen molar-refractivity contribution in [1.29, 1.82) is 0 Å². The summed E-state index contributed by atoms with van der Waals surface area (Å²) in [5.41, 5.74) is 0.627. The molecule has 0 radical (unpaired) electrons. The number of fused-ring (bicyclic) bond motifs is 1. The van der Waals surface area contributed by atoms with Gasteiger partial charge in [-0.15, -0.1) is 24.1 Å². The molecule has 0 saturated carbocycles. The first-order valence-corrected chi connectivity index (χ1v) is 12.7. The zero-order valence-corrected chi connectivity index (χ0v) is 21.8. The molecule has 0 spiro atoms. The summed E-state index contributed by atoms with van der Waals surface area (Å²) in [6.07, 6.45) is 0. The Kier molecular flexibility index (Phi) is 10.4. The Balaban J connectivity index is 0.00000101. The van der Waals surface area contributed by atoms with E-state index in [0.717, 1.165) is 0 Å². The number of rotatable bonds is 5. The summed E-state index contributed by atoms with van der Waals surface area (Å²) in [7, 11) is -11.6. The predicted octanol–water partition coefficient (Wildman–Crippen LogP) is -1.39. The second-order valence-corrected chi connectivity index (χ2v) is 10.2. The van der Waals surface area contributed by atoms with Gasteiger partial charge in [0.1, 0.15) is 5.75 Å². The van der Waals surface area contributed by atoms with Crippen molar-refractivity contribution in [2.45, 2.75) is 16.7 Å². The van der Waals surface area contributed by atoms with E-state index >= 15 is 0 Å². The van der Waals surface area contributed by atoms with Crippen LogP contribution in [0.2, 0.25) is 0 Å². The average molecular weight is 522 g/mol. The van der Waals surface area contributed by atoms with E-state index in [1.165, 1.54) is 30.3 Å². The van der Waals surface area contributed by atoms with Crippen molar-refractivity contribution in [2.24, 2.45) is 0 Å². The zero-order valence-electron chi connectivity index (χ0n) is 17.3. The van der Waals surface area contributed by atoms with Gasteiger partial charge in [-0.25, -0.2) is 8.42 Å². The van der Waals surface area contributed by atoms with E-state index in [0.29, 0.717) is 10.9 Å². The van der Waals surface area contributed by atoms with Crippen molar-refractivity contribution in [2.75, 3.05) is 11.1 Å². The molecule has 0 aliphatic rings. The summed E-state index contributed by atoms with van der Waals surface area (Å²) in [6.45, 7) is 1.66. The van der Waals surface area contributed by atoms with Crippen molar-refractivity contribution in [1.82, 2.24) is 0 Å². The molecule has 0 aliphatic carbocycles. The third kappa shape index (κ3) is 8.30. The van der Waals surface area contributed by atoms with Crippen molar-refractivity contribution in [3.63, 3.8) is 0 Å². The predicted molar refractivity (Wildman–Crippen MR) is 114 cm³/mol. The Bertz CT molecular complexity index is 1480. The van der Waals surface area contributed by atoms with Gasteiger partial charge >= 0.3 is 40.2 Å². The van der Waals surface area contributed by atoms with Gasteiger partial charge in [0, 0.05) is 0 Å². The van der Waals surface area contributed by atoms with E-state index in [9.17, 15) is 26.2 Å². The Morgan fingerprint density at radius 2 is 1.61 bits per heavy atom. The summed E-state index contributed by atoms with van der Waals surface area (Å²) in [6, 6.07) is 16.0. The minimum atomic E-state index is -4.57. The maximum atomic E-state index is 12.4. The Hall–Kier alpha value is -2.13. The molecule has 0 heterocycles. The van der Waals surface area contributed by atoms with Crippen molar-refractivity contribution in [3.05, 3.63) is 66.2 Å². The normalized spacial score (nSPS) is 11.0. The maximum absolute atomic E-state index is 12.4. The first kappa shape index (κ1) is 28.9. The molecule has 0 aromatic heterocycles. The first-order chi connectivity index (χ1) is 14.8. The number of amides is 1.